The maximum atomic E-state index is 15.0. The second-order valence-electron chi connectivity index (χ2n) is 11.2. The first kappa shape index (κ1) is 30.1. The summed E-state index contributed by atoms with van der Waals surface area (Å²) in [5, 5.41) is 3.45. The lowest BCUT2D eigenvalue weighted by Crippen LogP contribution is -2.65. The summed E-state index contributed by atoms with van der Waals surface area (Å²) < 4.78 is 5.34. The van der Waals surface area contributed by atoms with Crippen molar-refractivity contribution >= 4 is 51.7 Å². The number of hydrogen-bond donors (Lipinski definition) is 3. The van der Waals surface area contributed by atoms with Gasteiger partial charge in [0.1, 0.15) is 17.3 Å². The zero-order valence-electron chi connectivity index (χ0n) is 25.4. The van der Waals surface area contributed by atoms with E-state index < -0.39 is 41.1 Å². The third-order valence-electron chi connectivity index (χ3n) is 8.32. The van der Waals surface area contributed by atoms with E-state index in [2.05, 4.69) is 15.3 Å². The molecule has 11 nitrogen and oxygen atoms in total. The molecule has 5 aromatic rings. The molecular formula is C35H32N6O5. The number of nitrogens with zero attached hydrogens (tertiary/aromatic N) is 3. The largest absolute Gasteiger partial charge is 0.497 e. The molecule has 0 saturated carbocycles. The molecule has 6 rings (SSSR count). The number of rotatable bonds is 8. The predicted molar refractivity (Wildman–Crippen MR) is 174 cm³/mol. The molecule has 2 aromatic heterocycles. The molecule has 4 N–H and O–H groups in total. The maximum Gasteiger partial charge on any atom is 0.268 e. The number of carbonyl (C=O) groups excluding carboxylic acids is 4. The number of nitrogens with one attached hydrogen (secondary N) is 2. The smallest absolute Gasteiger partial charge is 0.268 e. The van der Waals surface area contributed by atoms with Gasteiger partial charge in [0.05, 0.1) is 18.5 Å². The molecule has 2 atom stereocenters. The molecule has 0 fully saturated rings. The van der Waals surface area contributed by atoms with Gasteiger partial charge in [-0.25, -0.2) is 4.98 Å². The number of pyridine rings is 1. The average molecular weight is 617 g/mol. The highest BCUT2D eigenvalue weighted by Gasteiger charge is 2.55. The van der Waals surface area contributed by atoms with Crippen LogP contribution in [-0.2, 0) is 19.9 Å². The van der Waals surface area contributed by atoms with Gasteiger partial charge in [0.25, 0.3) is 17.7 Å². The lowest BCUT2D eigenvalue weighted by molar-refractivity contribution is -0.134. The fourth-order valence-electron chi connectivity index (χ4n) is 6.16. The van der Waals surface area contributed by atoms with E-state index in [0.29, 0.717) is 16.8 Å². The summed E-state index contributed by atoms with van der Waals surface area (Å²) in [6.45, 7) is 3.54. The Morgan fingerprint density at radius 2 is 1.59 bits per heavy atom. The van der Waals surface area contributed by atoms with Crippen LogP contribution in [0.1, 0.15) is 29.9 Å². The summed E-state index contributed by atoms with van der Waals surface area (Å²) in [6.07, 6.45) is 1.52. The quantitative estimate of drug-likeness (QED) is 0.220. The van der Waals surface area contributed by atoms with Crippen molar-refractivity contribution in [1.29, 1.82) is 0 Å². The molecule has 0 bridgehead atoms. The zero-order valence-corrected chi connectivity index (χ0v) is 25.4. The minimum atomic E-state index is -1.80. The average Bonchev–Trinajstić information content (AvgIpc) is 3.48. The van der Waals surface area contributed by atoms with Crippen LogP contribution in [0.4, 0.5) is 17.2 Å². The van der Waals surface area contributed by atoms with E-state index >= 15 is 0 Å². The molecule has 1 aliphatic heterocycles. The SMILES string of the molecule is COc1ccc(C(C(N)=O)(C(C)C)N2C(=O)C(NC(=O)c3cc4ccccc4[nH]3)C(=O)N(c3ccccn3)c3ccccc32)cc1. The van der Waals surface area contributed by atoms with E-state index in [-0.39, 0.29) is 22.9 Å². The van der Waals surface area contributed by atoms with Crippen molar-refractivity contribution < 1.29 is 23.9 Å². The van der Waals surface area contributed by atoms with Crippen molar-refractivity contribution in [3.8, 4) is 5.75 Å². The molecule has 1 aliphatic rings. The molecule has 2 unspecified atom stereocenters. The molecule has 0 saturated heterocycles. The first-order chi connectivity index (χ1) is 22.2. The Labute approximate surface area is 265 Å². The standard InChI is InChI=1S/C35H32N6O5/c1-21(2)35(34(36)45,23-15-17-24(46-3)18-16-23)41-28-13-7-6-12-27(28)40(29-14-8-9-19-37-29)32(43)30(33(41)44)39-31(42)26-20-22-10-4-5-11-25(22)38-26/h4-21,30,38H,1-3H3,(H2,36,45)(H,39,42). The summed E-state index contributed by atoms with van der Waals surface area (Å²) in [4.78, 5) is 67.2. The number of hydrogen-bond acceptors (Lipinski definition) is 6. The zero-order chi connectivity index (χ0) is 32.6. The summed E-state index contributed by atoms with van der Waals surface area (Å²) in [7, 11) is 1.52. The number of para-hydroxylation sites is 3. The molecule has 11 heteroatoms. The van der Waals surface area contributed by atoms with Crippen molar-refractivity contribution in [2.45, 2.75) is 25.4 Å². The monoisotopic (exact) mass is 616 g/mol. The van der Waals surface area contributed by atoms with E-state index in [4.69, 9.17) is 10.5 Å². The Morgan fingerprint density at radius 3 is 2.22 bits per heavy atom. The van der Waals surface area contributed by atoms with Gasteiger partial charge in [-0.1, -0.05) is 62.4 Å². The summed E-state index contributed by atoms with van der Waals surface area (Å²) >= 11 is 0. The first-order valence-electron chi connectivity index (χ1n) is 14.7. The van der Waals surface area contributed by atoms with E-state index in [1.165, 1.54) is 23.1 Å². The molecule has 46 heavy (non-hydrogen) atoms. The number of primary amides is 1. The minimum Gasteiger partial charge on any atom is -0.497 e. The Kier molecular flexibility index (Phi) is 7.74. The van der Waals surface area contributed by atoms with Gasteiger partial charge in [0.15, 0.2) is 11.6 Å². The maximum absolute atomic E-state index is 15.0. The molecule has 0 radical (unpaired) electrons. The van der Waals surface area contributed by atoms with Crippen LogP contribution < -0.4 is 25.6 Å². The number of H-pyrrole nitrogens is 1. The van der Waals surface area contributed by atoms with E-state index in [0.717, 1.165) is 5.39 Å². The Hall–Kier alpha value is -5.97. The number of anilines is 3. The minimum absolute atomic E-state index is 0.152. The second-order valence-corrected chi connectivity index (χ2v) is 11.2. The molecule has 4 amide bonds. The third-order valence-corrected chi connectivity index (χ3v) is 8.32. The fraction of sp³-hybridized carbons (Fsp3) is 0.171. The van der Waals surface area contributed by atoms with Crippen LogP contribution in [0.5, 0.6) is 5.75 Å². The van der Waals surface area contributed by atoms with Crippen LogP contribution in [0.2, 0.25) is 0 Å². The van der Waals surface area contributed by atoms with Gasteiger partial charge in [-0.15, -0.1) is 0 Å². The fourth-order valence-corrected chi connectivity index (χ4v) is 6.16. The van der Waals surface area contributed by atoms with Crippen LogP contribution in [0.25, 0.3) is 10.9 Å². The predicted octanol–water partition coefficient (Wildman–Crippen LogP) is 4.42. The first-order valence-corrected chi connectivity index (χ1v) is 14.7. The summed E-state index contributed by atoms with van der Waals surface area (Å²) in [6, 6.07) is 25.6. The second kappa shape index (κ2) is 11.8. The number of amides is 4. The van der Waals surface area contributed by atoms with Crippen LogP contribution in [0.3, 0.4) is 0 Å². The van der Waals surface area contributed by atoms with Crippen molar-refractivity contribution in [2.75, 3.05) is 16.9 Å². The Bertz CT molecular complexity index is 1920. The number of methoxy groups -OCH3 is 1. The number of aromatic nitrogens is 2. The molecule has 0 spiro atoms. The van der Waals surface area contributed by atoms with Gasteiger partial charge in [0.2, 0.25) is 5.91 Å². The normalized spacial score (nSPS) is 16.1. The lowest BCUT2D eigenvalue weighted by Gasteiger charge is -2.45. The topological polar surface area (TPSA) is 151 Å². The van der Waals surface area contributed by atoms with Gasteiger partial charge >= 0.3 is 0 Å². The molecule has 232 valence electrons. The summed E-state index contributed by atoms with van der Waals surface area (Å²) in [5.41, 5.74) is 6.25. The number of ether oxygens (including phenoxy) is 1. The summed E-state index contributed by atoms with van der Waals surface area (Å²) in [5.74, 6) is -2.96. The van der Waals surface area contributed by atoms with Crippen LogP contribution in [0, 0.1) is 5.92 Å². The van der Waals surface area contributed by atoms with E-state index in [9.17, 15) is 19.2 Å². The van der Waals surface area contributed by atoms with Gasteiger partial charge < -0.3 is 20.8 Å². The number of fused-ring (bicyclic) bond motifs is 2. The van der Waals surface area contributed by atoms with Crippen molar-refractivity contribution in [2.24, 2.45) is 11.7 Å². The van der Waals surface area contributed by atoms with Crippen molar-refractivity contribution in [1.82, 2.24) is 15.3 Å². The van der Waals surface area contributed by atoms with Gasteiger partial charge in [-0.2, -0.15) is 0 Å². The Balaban J connectivity index is 1.59. The number of nitrogens with two attached hydrogens (primary N) is 1. The molecule has 3 aromatic carbocycles. The van der Waals surface area contributed by atoms with Crippen LogP contribution >= 0.6 is 0 Å². The molecular weight excluding hydrogens is 584 g/mol. The van der Waals surface area contributed by atoms with E-state index in [1.807, 2.05) is 24.3 Å². The highest BCUT2D eigenvalue weighted by molar-refractivity contribution is 6.25. The van der Waals surface area contributed by atoms with Crippen LogP contribution in [0.15, 0.2) is 103 Å². The molecule has 0 aliphatic carbocycles. The Morgan fingerprint density at radius 1 is 0.913 bits per heavy atom. The van der Waals surface area contributed by atoms with Crippen molar-refractivity contribution in [3.05, 3.63) is 115 Å². The lowest BCUT2D eigenvalue weighted by atomic mass is 9.76. The highest BCUT2D eigenvalue weighted by atomic mass is 16.5. The van der Waals surface area contributed by atoms with Gasteiger partial charge in [-0.05, 0) is 60.0 Å². The number of aromatic amines is 1. The number of benzene rings is 3. The van der Waals surface area contributed by atoms with Gasteiger partial charge in [-0.3, -0.25) is 29.0 Å². The van der Waals surface area contributed by atoms with Gasteiger partial charge in [0, 0.05) is 17.1 Å². The molecule has 3 heterocycles. The third kappa shape index (κ3) is 4.82. The van der Waals surface area contributed by atoms with Crippen molar-refractivity contribution in [3.63, 3.8) is 0 Å². The number of carbonyl (C=O) groups is 4. The van der Waals surface area contributed by atoms with E-state index in [1.54, 1.807) is 86.6 Å². The van der Waals surface area contributed by atoms with Crippen LogP contribution in [-0.4, -0.2) is 46.7 Å². The highest BCUT2D eigenvalue weighted by Crippen LogP contribution is 2.46.